The molecule has 0 aromatic heterocycles. The van der Waals surface area contributed by atoms with Crippen LogP contribution in [0.5, 0.6) is 0 Å². The van der Waals surface area contributed by atoms with Crippen molar-refractivity contribution in [2.24, 2.45) is 0 Å². The van der Waals surface area contributed by atoms with Gasteiger partial charge in [-0.1, -0.05) is 42.5 Å². The highest BCUT2D eigenvalue weighted by Gasteiger charge is 2.20. The largest absolute Gasteiger partial charge is 0.378 e. The molecule has 1 aliphatic heterocycles. The Kier molecular flexibility index (Phi) is 7.31. The summed E-state index contributed by atoms with van der Waals surface area (Å²) in [5, 5.41) is 3.86. The van der Waals surface area contributed by atoms with Crippen molar-refractivity contribution in [1.29, 1.82) is 0 Å². The van der Waals surface area contributed by atoms with Gasteiger partial charge in [-0.2, -0.15) is 0 Å². The van der Waals surface area contributed by atoms with Gasteiger partial charge in [-0.3, -0.25) is 4.90 Å². The van der Waals surface area contributed by atoms with E-state index in [-0.39, 0.29) is 0 Å². The molecule has 3 heteroatoms. The van der Waals surface area contributed by atoms with Crippen LogP contribution in [0.1, 0.15) is 37.3 Å². The number of hydrogen-bond acceptors (Lipinski definition) is 3. The zero-order chi connectivity index (χ0) is 19.1. The summed E-state index contributed by atoms with van der Waals surface area (Å²) in [6, 6.07) is 21.1. The number of rotatable bonds is 8. The van der Waals surface area contributed by atoms with Crippen LogP contribution in [0.25, 0.3) is 0 Å². The number of likely N-dealkylation sites (tertiary alicyclic amines) is 1. The maximum atomic E-state index is 3.86. The van der Waals surface area contributed by atoms with E-state index in [0.29, 0.717) is 12.1 Å². The molecule has 3 rings (SSSR count). The Balaban J connectivity index is 1.37. The highest BCUT2D eigenvalue weighted by atomic mass is 15.1. The maximum absolute atomic E-state index is 3.86. The molecule has 0 aliphatic carbocycles. The lowest BCUT2D eigenvalue weighted by Crippen LogP contribution is -2.45. The predicted molar refractivity (Wildman–Crippen MR) is 116 cm³/mol. The second-order valence-electron chi connectivity index (χ2n) is 8.20. The second kappa shape index (κ2) is 9.91. The van der Waals surface area contributed by atoms with E-state index < -0.39 is 0 Å². The number of hydrogen-bond donors (Lipinski definition) is 1. The summed E-state index contributed by atoms with van der Waals surface area (Å²) in [6.07, 6.45) is 4.89. The highest BCUT2D eigenvalue weighted by Crippen LogP contribution is 2.17. The Hall–Kier alpha value is -1.84. The van der Waals surface area contributed by atoms with Crippen LogP contribution < -0.4 is 10.2 Å². The van der Waals surface area contributed by atoms with E-state index in [1.54, 1.807) is 0 Å². The molecule has 27 heavy (non-hydrogen) atoms. The molecule has 1 unspecified atom stereocenters. The van der Waals surface area contributed by atoms with Crippen molar-refractivity contribution >= 4 is 5.69 Å². The molecular formula is C24H35N3. The number of piperidine rings is 1. The molecule has 1 saturated heterocycles. The lowest BCUT2D eigenvalue weighted by Gasteiger charge is -2.34. The molecule has 1 N–H and O–H groups in total. The van der Waals surface area contributed by atoms with E-state index >= 15 is 0 Å². The van der Waals surface area contributed by atoms with Gasteiger partial charge in [0.15, 0.2) is 0 Å². The number of nitrogens with zero attached hydrogens (tertiary/aromatic N) is 2. The van der Waals surface area contributed by atoms with Gasteiger partial charge in [0.25, 0.3) is 0 Å². The van der Waals surface area contributed by atoms with Crippen molar-refractivity contribution in [2.45, 2.75) is 51.2 Å². The molecule has 1 aliphatic rings. The molecule has 146 valence electrons. The van der Waals surface area contributed by atoms with Gasteiger partial charge in [-0.05, 0) is 69.0 Å². The molecule has 1 heterocycles. The minimum absolute atomic E-state index is 0.584. The molecule has 2 aromatic carbocycles. The zero-order valence-corrected chi connectivity index (χ0v) is 17.2. The van der Waals surface area contributed by atoms with E-state index in [1.165, 1.54) is 49.2 Å². The second-order valence-corrected chi connectivity index (χ2v) is 8.20. The molecule has 0 amide bonds. The van der Waals surface area contributed by atoms with E-state index in [2.05, 4.69) is 90.7 Å². The summed E-state index contributed by atoms with van der Waals surface area (Å²) in [5.74, 6) is 0. The monoisotopic (exact) mass is 365 g/mol. The van der Waals surface area contributed by atoms with Crippen molar-refractivity contribution < 1.29 is 0 Å². The average molecular weight is 366 g/mol. The van der Waals surface area contributed by atoms with Gasteiger partial charge in [0.2, 0.25) is 0 Å². The van der Waals surface area contributed by atoms with Crippen LogP contribution in [-0.2, 0) is 13.0 Å². The smallest absolute Gasteiger partial charge is 0.0361 e. The summed E-state index contributed by atoms with van der Waals surface area (Å²) >= 11 is 0. The number of nitrogens with one attached hydrogen (secondary N) is 1. The molecule has 0 bridgehead atoms. The van der Waals surface area contributed by atoms with Crippen molar-refractivity contribution in [2.75, 3.05) is 32.1 Å². The SMILES string of the molecule is CC(CCc1ccccc1)NC1CCN(Cc2ccc(N(C)C)cc2)CC1. The summed E-state index contributed by atoms with van der Waals surface area (Å²) in [4.78, 5) is 4.75. The number of anilines is 1. The van der Waals surface area contributed by atoms with E-state index in [0.717, 1.165) is 13.0 Å². The number of benzene rings is 2. The standard InChI is InChI=1S/C24H35N3/c1-20(9-10-21-7-5-4-6-8-21)25-23-15-17-27(18-16-23)19-22-11-13-24(14-12-22)26(2)3/h4-8,11-14,20,23,25H,9-10,15-19H2,1-3H3. The van der Waals surface area contributed by atoms with Crippen molar-refractivity contribution in [1.82, 2.24) is 10.2 Å². The average Bonchev–Trinajstić information content (AvgIpc) is 2.69. The van der Waals surface area contributed by atoms with Gasteiger partial charge >= 0.3 is 0 Å². The van der Waals surface area contributed by atoms with Crippen LogP contribution >= 0.6 is 0 Å². The molecule has 0 radical (unpaired) electrons. The lowest BCUT2D eigenvalue weighted by molar-refractivity contribution is 0.184. The van der Waals surface area contributed by atoms with E-state index in [1.807, 2.05) is 0 Å². The quantitative estimate of drug-likeness (QED) is 0.751. The molecule has 1 atom stereocenters. The van der Waals surface area contributed by atoms with Crippen LogP contribution in [0, 0.1) is 0 Å². The summed E-state index contributed by atoms with van der Waals surface area (Å²) in [7, 11) is 4.18. The third-order valence-corrected chi connectivity index (χ3v) is 5.68. The lowest BCUT2D eigenvalue weighted by atomic mass is 10.0. The van der Waals surface area contributed by atoms with E-state index in [4.69, 9.17) is 0 Å². The summed E-state index contributed by atoms with van der Waals surface area (Å²) in [5.41, 5.74) is 4.13. The Morgan fingerprint density at radius 1 is 0.963 bits per heavy atom. The first-order valence-electron chi connectivity index (χ1n) is 10.4. The Labute approximate surface area is 165 Å². The van der Waals surface area contributed by atoms with Crippen LogP contribution in [0.15, 0.2) is 54.6 Å². The first-order chi connectivity index (χ1) is 13.1. The van der Waals surface area contributed by atoms with Gasteiger partial charge in [-0.25, -0.2) is 0 Å². The fraction of sp³-hybridized carbons (Fsp3) is 0.500. The summed E-state index contributed by atoms with van der Waals surface area (Å²) < 4.78 is 0. The van der Waals surface area contributed by atoms with Crippen molar-refractivity contribution in [3.63, 3.8) is 0 Å². The van der Waals surface area contributed by atoms with Crippen molar-refractivity contribution in [3.05, 3.63) is 65.7 Å². The van der Waals surface area contributed by atoms with Gasteiger partial charge in [0, 0.05) is 38.4 Å². The topological polar surface area (TPSA) is 18.5 Å². The van der Waals surface area contributed by atoms with Crippen LogP contribution in [0.2, 0.25) is 0 Å². The molecule has 3 nitrogen and oxygen atoms in total. The van der Waals surface area contributed by atoms with E-state index in [9.17, 15) is 0 Å². The van der Waals surface area contributed by atoms with Crippen LogP contribution in [0.3, 0.4) is 0 Å². The zero-order valence-electron chi connectivity index (χ0n) is 17.2. The molecule has 2 aromatic rings. The van der Waals surface area contributed by atoms with Crippen LogP contribution in [0.4, 0.5) is 5.69 Å². The third-order valence-electron chi connectivity index (χ3n) is 5.68. The first-order valence-corrected chi connectivity index (χ1v) is 10.4. The Bertz CT molecular complexity index is 658. The van der Waals surface area contributed by atoms with Crippen LogP contribution in [-0.4, -0.2) is 44.2 Å². The Morgan fingerprint density at radius 3 is 2.26 bits per heavy atom. The highest BCUT2D eigenvalue weighted by molar-refractivity contribution is 5.45. The fourth-order valence-electron chi connectivity index (χ4n) is 3.93. The third kappa shape index (κ3) is 6.37. The van der Waals surface area contributed by atoms with Gasteiger partial charge in [-0.15, -0.1) is 0 Å². The first kappa shape index (κ1) is 19.9. The predicted octanol–water partition coefficient (Wildman–Crippen LogP) is 4.33. The van der Waals surface area contributed by atoms with Gasteiger partial charge in [0.1, 0.15) is 0 Å². The molecule has 0 spiro atoms. The van der Waals surface area contributed by atoms with Gasteiger partial charge in [0.05, 0.1) is 0 Å². The number of aryl methyl sites for hydroxylation is 1. The minimum atomic E-state index is 0.584. The molecular weight excluding hydrogens is 330 g/mol. The maximum Gasteiger partial charge on any atom is 0.0361 e. The molecule has 1 fully saturated rings. The normalized spacial score (nSPS) is 17.0. The fourth-order valence-corrected chi connectivity index (χ4v) is 3.93. The van der Waals surface area contributed by atoms with Gasteiger partial charge < -0.3 is 10.2 Å². The van der Waals surface area contributed by atoms with Crippen molar-refractivity contribution in [3.8, 4) is 0 Å². The minimum Gasteiger partial charge on any atom is -0.378 e. The molecule has 0 saturated carbocycles. The Morgan fingerprint density at radius 2 is 1.63 bits per heavy atom. The summed E-state index contributed by atoms with van der Waals surface area (Å²) in [6.45, 7) is 5.79.